The number of alkyl carbamates (subject to hydrolysis) is 1. The number of carbonyl (C=O) groups excluding carboxylic acids is 2. The standard InChI is InChI=1S/C34H47N3O11S/c1-34(2,14-8-15-36(3)33(40)41)22-37(49(42,43)29-12-7-11-27-30(29)45-18-17-44-27)20-26(38)25(19-23-9-5-4-6-10-23)35-32(39)48-28-21-47-31-24(28)13-16-46-31/h4-7,9-12,24-26,28,31,38H,8,13-22H2,1-3H3,(H,35,39)(H,40,41)/p-1/t24-,25-,26+,28-,31+/m0/s1. The van der Waals surface area contributed by atoms with Crippen molar-refractivity contribution in [2.45, 2.75) is 69.0 Å². The first-order valence-electron chi connectivity index (χ1n) is 16.6. The maximum atomic E-state index is 14.5. The molecule has 2 saturated heterocycles. The molecule has 0 spiro atoms. The first-order valence-corrected chi connectivity index (χ1v) is 18.0. The van der Waals surface area contributed by atoms with Gasteiger partial charge in [-0.1, -0.05) is 50.2 Å². The van der Waals surface area contributed by atoms with Gasteiger partial charge in [-0.25, -0.2) is 13.2 Å². The molecule has 15 heteroatoms. The number of hydrogen-bond acceptors (Lipinski definition) is 11. The Bertz CT molecular complexity index is 1540. The predicted molar refractivity (Wildman–Crippen MR) is 174 cm³/mol. The third-order valence-electron chi connectivity index (χ3n) is 9.11. The first-order chi connectivity index (χ1) is 23.3. The minimum Gasteiger partial charge on any atom is -0.530 e. The fourth-order valence-corrected chi connectivity index (χ4v) is 8.23. The van der Waals surface area contributed by atoms with Crippen LogP contribution in [0, 0.1) is 11.3 Å². The summed E-state index contributed by atoms with van der Waals surface area (Å²) in [6, 6.07) is 12.9. The molecule has 270 valence electrons. The van der Waals surface area contributed by atoms with Crippen molar-refractivity contribution in [1.29, 1.82) is 0 Å². The second kappa shape index (κ2) is 15.9. The van der Waals surface area contributed by atoms with Crippen molar-refractivity contribution >= 4 is 22.2 Å². The number of amides is 2. The van der Waals surface area contributed by atoms with Crippen molar-refractivity contribution in [3.8, 4) is 11.5 Å². The zero-order valence-electron chi connectivity index (χ0n) is 28.1. The van der Waals surface area contributed by atoms with E-state index in [4.69, 9.17) is 23.7 Å². The average Bonchev–Trinajstić information content (AvgIpc) is 3.69. The van der Waals surface area contributed by atoms with Crippen LogP contribution in [0.5, 0.6) is 11.5 Å². The number of fused-ring (bicyclic) bond motifs is 2. The number of nitrogens with one attached hydrogen (secondary N) is 1. The maximum Gasteiger partial charge on any atom is 0.407 e. The molecule has 0 unspecified atom stereocenters. The van der Waals surface area contributed by atoms with Gasteiger partial charge >= 0.3 is 6.09 Å². The molecule has 2 aromatic carbocycles. The van der Waals surface area contributed by atoms with E-state index in [1.54, 1.807) is 12.1 Å². The second-order valence-corrected chi connectivity index (χ2v) is 15.4. The average molecular weight is 705 g/mol. The molecule has 49 heavy (non-hydrogen) atoms. The van der Waals surface area contributed by atoms with Crippen LogP contribution in [-0.2, 0) is 30.7 Å². The smallest absolute Gasteiger partial charge is 0.407 e. The van der Waals surface area contributed by atoms with Gasteiger partial charge in [0.2, 0.25) is 10.0 Å². The Labute approximate surface area is 287 Å². The number of nitrogens with zero attached hydrogens (tertiary/aromatic N) is 2. The van der Waals surface area contributed by atoms with E-state index in [-0.39, 0.29) is 62.4 Å². The summed E-state index contributed by atoms with van der Waals surface area (Å²) in [5.41, 5.74) is 0.157. The zero-order valence-corrected chi connectivity index (χ0v) is 28.9. The highest BCUT2D eigenvalue weighted by molar-refractivity contribution is 7.89. The second-order valence-electron chi connectivity index (χ2n) is 13.5. The summed E-state index contributed by atoms with van der Waals surface area (Å²) >= 11 is 0. The van der Waals surface area contributed by atoms with Crippen LogP contribution >= 0.6 is 0 Å². The first kappa shape index (κ1) is 36.6. The molecule has 2 amide bonds. The number of sulfonamides is 1. The number of hydrogen-bond donors (Lipinski definition) is 2. The fraction of sp³-hybridized carbons (Fsp3) is 0.588. The number of ether oxygens (including phenoxy) is 5. The molecule has 0 aromatic heterocycles. The molecule has 0 radical (unpaired) electrons. The van der Waals surface area contributed by atoms with Crippen LogP contribution < -0.4 is 19.9 Å². The summed E-state index contributed by atoms with van der Waals surface area (Å²) in [5, 5.41) is 25.8. The molecule has 0 aliphatic carbocycles. The summed E-state index contributed by atoms with van der Waals surface area (Å²) in [6.07, 6.45) is -2.54. The van der Waals surface area contributed by atoms with Crippen LogP contribution in [0.25, 0.3) is 0 Å². The van der Waals surface area contributed by atoms with Crippen LogP contribution in [0.4, 0.5) is 9.59 Å². The quantitative estimate of drug-likeness (QED) is 0.277. The zero-order chi connectivity index (χ0) is 35.2. The molecule has 2 aromatic rings. The SMILES string of the molecule is CN(CCCC(C)(C)CN(C[C@@H](O)[C@H](Cc1ccccc1)NC(=O)O[C@H]1CO[C@H]2OCC[C@H]21)S(=O)(=O)c1cccc2c1OCCO2)C(=O)[O-]. The van der Waals surface area contributed by atoms with E-state index in [1.165, 1.54) is 17.4 Å². The normalized spacial score (nSPS) is 21.5. The van der Waals surface area contributed by atoms with E-state index in [9.17, 15) is 28.2 Å². The number of benzene rings is 2. The highest BCUT2D eigenvalue weighted by Gasteiger charge is 2.44. The molecule has 0 saturated carbocycles. The minimum atomic E-state index is -4.31. The van der Waals surface area contributed by atoms with E-state index in [0.29, 0.717) is 31.6 Å². The Hall–Kier alpha value is -3.63. The van der Waals surface area contributed by atoms with E-state index >= 15 is 0 Å². The molecule has 3 aliphatic rings. The lowest BCUT2D eigenvalue weighted by atomic mass is 9.87. The van der Waals surface area contributed by atoms with Gasteiger partial charge in [0.1, 0.15) is 30.3 Å². The Morgan fingerprint density at radius 2 is 1.84 bits per heavy atom. The van der Waals surface area contributed by atoms with Crippen LogP contribution in [0.15, 0.2) is 53.4 Å². The van der Waals surface area contributed by atoms with Crippen LogP contribution in [0.1, 0.15) is 38.7 Å². The molecule has 2 N–H and O–H groups in total. The summed E-state index contributed by atoms with van der Waals surface area (Å²) in [5.74, 6) is 0.312. The van der Waals surface area contributed by atoms with E-state index in [1.807, 2.05) is 44.2 Å². The summed E-state index contributed by atoms with van der Waals surface area (Å²) in [7, 11) is -2.89. The molecule has 14 nitrogen and oxygen atoms in total. The molecule has 5 rings (SSSR count). The van der Waals surface area contributed by atoms with Crippen LogP contribution in [0.3, 0.4) is 0 Å². The Kier molecular flexibility index (Phi) is 11.9. The number of rotatable bonds is 15. The van der Waals surface area contributed by atoms with Crippen molar-refractivity contribution in [1.82, 2.24) is 14.5 Å². The summed E-state index contributed by atoms with van der Waals surface area (Å²) < 4.78 is 58.4. The Morgan fingerprint density at radius 3 is 2.59 bits per heavy atom. The highest BCUT2D eigenvalue weighted by atomic mass is 32.2. The number of carboxylic acid groups (broad SMARTS) is 1. The van der Waals surface area contributed by atoms with Gasteiger partial charge in [0.05, 0.1) is 31.3 Å². The van der Waals surface area contributed by atoms with Gasteiger partial charge in [-0.3, -0.25) is 0 Å². The van der Waals surface area contributed by atoms with Gasteiger partial charge in [-0.15, -0.1) is 0 Å². The third kappa shape index (κ3) is 9.34. The lowest BCUT2D eigenvalue weighted by Crippen LogP contribution is -2.52. The van der Waals surface area contributed by atoms with Gasteiger partial charge in [-0.05, 0) is 48.8 Å². The highest BCUT2D eigenvalue weighted by Crippen LogP contribution is 2.39. The van der Waals surface area contributed by atoms with Crippen molar-refractivity contribution < 1.29 is 51.9 Å². The molecule has 2 fully saturated rings. The Morgan fingerprint density at radius 1 is 1.08 bits per heavy atom. The van der Waals surface area contributed by atoms with E-state index in [0.717, 1.165) is 10.5 Å². The fourth-order valence-electron chi connectivity index (χ4n) is 6.44. The molecule has 3 aliphatic heterocycles. The molecule has 3 heterocycles. The number of aliphatic hydroxyl groups excluding tert-OH is 1. The predicted octanol–water partition coefficient (Wildman–Crippen LogP) is 1.99. The topological polar surface area (TPSA) is 176 Å². The molecule has 0 bridgehead atoms. The molecular formula is C34H46N3O11S-. The lowest BCUT2D eigenvalue weighted by Gasteiger charge is -2.36. The van der Waals surface area contributed by atoms with E-state index < -0.39 is 52.2 Å². The number of para-hydroxylation sites is 1. The molecule has 5 atom stereocenters. The largest absolute Gasteiger partial charge is 0.530 e. The summed E-state index contributed by atoms with van der Waals surface area (Å²) in [4.78, 5) is 25.4. The van der Waals surface area contributed by atoms with Crippen molar-refractivity contribution in [2.24, 2.45) is 11.3 Å². The van der Waals surface area contributed by atoms with Gasteiger partial charge in [0, 0.05) is 26.7 Å². The molecular weight excluding hydrogens is 658 g/mol. The number of aliphatic hydroxyl groups is 1. The number of carbonyl (C=O) groups is 2. The third-order valence-corrected chi connectivity index (χ3v) is 10.9. The summed E-state index contributed by atoms with van der Waals surface area (Å²) in [6.45, 7) is 4.72. The Balaban J connectivity index is 1.39. The van der Waals surface area contributed by atoms with Gasteiger partial charge in [0.25, 0.3) is 0 Å². The van der Waals surface area contributed by atoms with Crippen LogP contribution in [-0.4, -0.2) is 113 Å². The van der Waals surface area contributed by atoms with E-state index in [2.05, 4.69) is 5.32 Å². The lowest BCUT2D eigenvalue weighted by molar-refractivity contribution is -0.264. The van der Waals surface area contributed by atoms with Crippen molar-refractivity contribution in [3.63, 3.8) is 0 Å². The van der Waals surface area contributed by atoms with Gasteiger partial charge in [0.15, 0.2) is 17.8 Å². The monoisotopic (exact) mass is 704 g/mol. The van der Waals surface area contributed by atoms with Gasteiger partial charge in [-0.2, -0.15) is 4.31 Å². The minimum absolute atomic E-state index is 0.0308. The van der Waals surface area contributed by atoms with Crippen molar-refractivity contribution in [2.75, 3.05) is 53.1 Å². The van der Waals surface area contributed by atoms with Gasteiger partial charge < -0.3 is 48.9 Å². The van der Waals surface area contributed by atoms with Crippen molar-refractivity contribution in [3.05, 3.63) is 54.1 Å². The maximum absolute atomic E-state index is 14.5. The van der Waals surface area contributed by atoms with Crippen LogP contribution in [0.2, 0.25) is 0 Å².